The lowest BCUT2D eigenvalue weighted by Gasteiger charge is -2.07. The Kier molecular flexibility index (Phi) is 4.34. The summed E-state index contributed by atoms with van der Waals surface area (Å²) in [6.45, 7) is 2.07. The van der Waals surface area contributed by atoms with Gasteiger partial charge in [-0.1, -0.05) is 42.7 Å². The van der Waals surface area contributed by atoms with Crippen LogP contribution >= 0.6 is 11.3 Å². The molecule has 0 radical (unpaired) electrons. The van der Waals surface area contributed by atoms with Crippen molar-refractivity contribution >= 4 is 22.4 Å². The molecule has 21 heavy (non-hydrogen) atoms. The molecule has 3 rings (SSSR count). The van der Waals surface area contributed by atoms with Gasteiger partial charge in [-0.15, -0.1) is 11.3 Å². The predicted octanol–water partition coefficient (Wildman–Crippen LogP) is 4.64. The van der Waals surface area contributed by atoms with E-state index in [1.807, 2.05) is 5.38 Å². The summed E-state index contributed by atoms with van der Waals surface area (Å²) in [4.78, 5) is 16.5. The number of nitrogens with zero attached hydrogens (tertiary/aromatic N) is 1. The lowest BCUT2D eigenvalue weighted by molar-refractivity contribution is -0.117. The quantitative estimate of drug-likeness (QED) is 0.894. The van der Waals surface area contributed by atoms with Crippen LogP contribution in [-0.2, 0) is 4.79 Å². The van der Waals surface area contributed by atoms with E-state index in [4.69, 9.17) is 0 Å². The number of nitrogens with one attached hydrogen (secondary N) is 1. The molecular formula is C17H20N2OS. The van der Waals surface area contributed by atoms with E-state index in [1.165, 1.54) is 42.6 Å². The van der Waals surface area contributed by atoms with Crippen molar-refractivity contribution in [1.82, 2.24) is 4.98 Å². The first-order valence-electron chi connectivity index (χ1n) is 7.53. The number of aromatic nitrogens is 1. The summed E-state index contributed by atoms with van der Waals surface area (Å²) in [5, 5.41) is 5.64. The molecule has 0 unspecified atom stereocenters. The summed E-state index contributed by atoms with van der Waals surface area (Å²) in [5.74, 6) is 0.674. The summed E-state index contributed by atoms with van der Waals surface area (Å²) in [6, 6.07) is 8.28. The molecule has 1 amide bonds. The van der Waals surface area contributed by atoms with Gasteiger partial charge in [0.1, 0.15) is 0 Å². The van der Waals surface area contributed by atoms with E-state index < -0.39 is 0 Å². The van der Waals surface area contributed by atoms with E-state index in [0.29, 0.717) is 17.5 Å². The Balaban J connectivity index is 1.61. The molecule has 1 aromatic carbocycles. The summed E-state index contributed by atoms with van der Waals surface area (Å²) in [6.07, 6.45) is 5.57. The minimum Gasteiger partial charge on any atom is -0.302 e. The Labute approximate surface area is 129 Å². The average molecular weight is 300 g/mol. The number of aryl methyl sites for hydroxylation is 1. The smallest absolute Gasteiger partial charge is 0.226 e. The normalized spacial score (nSPS) is 15.3. The van der Waals surface area contributed by atoms with Gasteiger partial charge in [0, 0.05) is 17.4 Å². The molecule has 1 saturated carbocycles. The molecule has 0 spiro atoms. The van der Waals surface area contributed by atoms with E-state index >= 15 is 0 Å². The second-order valence-electron chi connectivity index (χ2n) is 5.81. The molecule has 1 aliphatic rings. The number of anilines is 1. The number of amides is 1. The topological polar surface area (TPSA) is 42.0 Å². The van der Waals surface area contributed by atoms with E-state index in [9.17, 15) is 4.79 Å². The van der Waals surface area contributed by atoms with Crippen LogP contribution in [0.5, 0.6) is 0 Å². The van der Waals surface area contributed by atoms with Crippen molar-refractivity contribution in [3.63, 3.8) is 0 Å². The molecule has 4 heteroatoms. The van der Waals surface area contributed by atoms with Gasteiger partial charge in [0.25, 0.3) is 0 Å². The third kappa shape index (κ3) is 3.70. The van der Waals surface area contributed by atoms with Gasteiger partial charge in [-0.3, -0.25) is 4.79 Å². The van der Waals surface area contributed by atoms with Crippen LogP contribution in [0.3, 0.4) is 0 Å². The highest BCUT2D eigenvalue weighted by atomic mass is 32.1. The van der Waals surface area contributed by atoms with Crippen LogP contribution in [-0.4, -0.2) is 10.9 Å². The van der Waals surface area contributed by atoms with E-state index in [1.54, 1.807) is 0 Å². The van der Waals surface area contributed by atoms with Gasteiger partial charge in [0.15, 0.2) is 5.13 Å². The minimum atomic E-state index is 0.103. The standard InChI is InChI=1S/C17H20N2OS/c1-12-6-8-14(9-7-12)15-11-21-17(18-15)19-16(20)10-13-4-2-3-5-13/h6-9,11,13H,2-5,10H2,1H3,(H,18,19,20). The largest absolute Gasteiger partial charge is 0.302 e. The van der Waals surface area contributed by atoms with Crippen molar-refractivity contribution in [2.75, 3.05) is 5.32 Å². The fraction of sp³-hybridized carbons (Fsp3) is 0.412. The van der Waals surface area contributed by atoms with E-state index in [2.05, 4.69) is 41.5 Å². The summed E-state index contributed by atoms with van der Waals surface area (Å²) >= 11 is 1.49. The molecule has 110 valence electrons. The number of carbonyl (C=O) groups excluding carboxylic acids is 1. The average Bonchev–Trinajstić information content (AvgIpc) is 3.11. The number of hydrogen-bond donors (Lipinski definition) is 1. The van der Waals surface area contributed by atoms with Crippen LogP contribution in [0.1, 0.15) is 37.7 Å². The van der Waals surface area contributed by atoms with Crippen molar-refractivity contribution in [1.29, 1.82) is 0 Å². The van der Waals surface area contributed by atoms with Crippen LogP contribution in [0.15, 0.2) is 29.6 Å². The van der Waals surface area contributed by atoms with Crippen LogP contribution in [0.2, 0.25) is 0 Å². The Morgan fingerprint density at radius 3 is 2.71 bits per heavy atom. The fourth-order valence-corrected chi connectivity index (χ4v) is 3.57. The van der Waals surface area contributed by atoms with Crippen molar-refractivity contribution in [2.24, 2.45) is 5.92 Å². The number of rotatable bonds is 4. The lowest BCUT2D eigenvalue weighted by atomic mass is 10.0. The van der Waals surface area contributed by atoms with Gasteiger partial charge in [0.2, 0.25) is 5.91 Å². The molecular weight excluding hydrogens is 280 g/mol. The summed E-state index contributed by atoms with van der Waals surface area (Å²) in [7, 11) is 0. The Morgan fingerprint density at radius 2 is 2.00 bits per heavy atom. The number of hydrogen-bond acceptors (Lipinski definition) is 3. The maximum absolute atomic E-state index is 12.0. The first-order chi connectivity index (χ1) is 10.2. The van der Waals surface area contributed by atoms with Crippen molar-refractivity contribution in [3.8, 4) is 11.3 Å². The second-order valence-corrected chi connectivity index (χ2v) is 6.66. The van der Waals surface area contributed by atoms with Crippen molar-refractivity contribution < 1.29 is 4.79 Å². The SMILES string of the molecule is Cc1ccc(-c2csc(NC(=O)CC3CCCC3)n2)cc1. The molecule has 0 saturated heterocycles. The zero-order valence-corrected chi connectivity index (χ0v) is 13.1. The summed E-state index contributed by atoms with van der Waals surface area (Å²) in [5.41, 5.74) is 3.25. The van der Waals surface area contributed by atoms with Crippen molar-refractivity contribution in [3.05, 3.63) is 35.2 Å². The monoisotopic (exact) mass is 300 g/mol. The van der Waals surface area contributed by atoms with Crippen LogP contribution in [0.25, 0.3) is 11.3 Å². The highest BCUT2D eigenvalue weighted by Gasteiger charge is 2.19. The van der Waals surface area contributed by atoms with Gasteiger partial charge >= 0.3 is 0 Å². The number of benzene rings is 1. The molecule has 1 fully saturated rings. The van der Waals surface area contributed by atoms with Gasteiger partial charge in [-0.25, -0.2) is 4.98 Å². The summed E-state index contributed by atoms with van der Waals surface area (Å²) < 4.78 is 0. The van der Waals surface area contributed by atoms with Crippen LogP contribution in [0, 0.1) is 12.8 Å². The molecule has 1 N–H and O–H groups in total. The highest BCUT2D eigenvalue weighted by Crippen LogP contribution is 2.29. The molecule has 0 atom stereocenters. The molecule has 0 aliphatic heterocycles. The first-order valence-corrected chi connectivity index (χ1v) is 8.41. The van der Waals surface area contributed by atoms with Gasteiger partial charge < -0.3 is 5.32 Å². The molecule has 2 aromatic rings. The first kappa shape index (κ1) is 14.3. The molecule has 0 bridgehead atoms. The molecule has 3 nitrogen and oxygen atoms in total. The zero-order valence-electron chi connectivity index (χ0n) is 12.3. The molecule has 1 aromatic heterocycles. The Bertz CT molecular complexity index is 612. The van der Waals surface area contributed by atoms with Crippen LogP contribution < -0.4 is 5.32 Å². The maximum Gasteiger partial charge on any atom is 0.226 e. The van der Waals surface area contributed by atoms with E-state index in [0.717, 1.165) is 11.3 Å². The maximum atomic E-state index is 12.0. The highest BCUT2D eigenvalue weighted by molar-refractivity contribution is 7.14. The fourth-order valence-electron chi connectivity index (χ4n) is 2.84. The van der Waals surface area contributed by atoms with Crippen molar-refractivity contribution in [2.45, 2.75) is 39.0 Å². The third-order valence-electron chi connectivity index (χ3n) is 4.05. The third-order valence-corrected chi connectivity index (χ3v) is 4.80. The molecule has 1 aliphatic carbocycles. The molecule has 1 heterocycles. The van der Waals surface area contributed by atoms with Gasteiger partial charge in [-0.2, -0.15) is 0 Å². The van der Waals surface area contributed by atoms with Gasteiger partial charge in [0.05, 0.1) is 5.69 Å². The minimum absolute atomic E-state index is 0.103. The Morgan fingerprint density at radius 1 is 1.29 bits per heavy atom. The predicted molar refractivity (Wildman–Crippen MR) is 87.5 cm³/mol. The zero-order chi connectivity index (χ0) is 14.7. The second kappa shape index (κ2) is 6.39. The van der Waals surface area contributed by atoms with Gasteiger partial charge in [-0.05, 0) is 25.7 Å². The lowest BCUT2D eigenvalue weighted by Crippen LogP contribution is -2.14. The Hall–Kier alpha value is -1.68. The number of thiazole rings is 1. The number of carbonyl (C=O) groups is 1. The van der Waals surface area contributed by atoms with Crippen LogP contribution in [0.4, 0.5) is 5.13 Å². The van der Waals surface area contributed by atoms with E-state index in [-0.39, 0.29) is 5.91 Å².